The molecule has 190 valence electrons. The fraction of sp³-hybridized carbons (Fsp3) is 0.192. The van der Waals surface area contributed by atoms with Crippen LogP contribution in [0.4, 0.5) is 5.69 Å². The number of allylic oxidation sites excluding steroid dienone is 1. The predicted octanol–water partition coefficient (Wildman–Crippen LogP) is 2.89. The number of aromatic nitrogens is 1. The molecule has 10 nitrogen and oxygen atoms in total. The first-order valence-electron chi connectivity index (χ1n) is 11.1. The number of ether oxygens (including phenoxy) is 3. The first kappa shape index (κ1) is 25.6. The molecule has 0 aliphatic carbocycles. The van der Waals surface area contributed by atoms with Crippen LogP contribution in [0.3, 0.4) is 0 Å². The summed E-state index contributed by atoms with van der Waals surface area (Å²) in [5.41, 5.74) is 1.17. The lowest BCUT2D eigenvalue weighted by atomic mass is 9.95. The minimum Gasteiger partial charge on any atom is -0.493 e. The van der Waals surface area contributed by atoms with Crippen LogP contribution in [0.2, 0.25) is 0 Å². The lowest BCUT2D eigenvalue weighted by Crippen LogP contribution is -2.40. The highest BCUT2D eigenvalue weighted by molar-refractivity contribution is 7.07. The van der Waals surface area contributed by atoms with E-state index in [2.05, 4.69) is 11.6 Å². The third kappa shape index (κ3) is 4.94. The van der Waals surface area contributed by atoms with E-state index >= 15 is 0 Å². The van der Waals surface area contributed by atoms with E-state index < -0.39 is 22.5 Å². The van der Waals surface area contributed by atoms with Crippen molar-refractivity contribution in [3.63, 3.8) is 0 Å². The van der Waals surface area contributed by atoms with Crippen molar-refractivity contribution in [1.29, 1.82) is 0 Å². The number of carbonyl (C=O) groups is 1. The highest BCUT2D eigenvalue weighted by atomic mass is 32.1. The number of fused-ring (bicyclic) bond motifs is 1. The van der Waals surface area contributed by atoms with Crippen molar-refractivity contribution in [3.8, 4) is 11.5 Å². The van der Waals surface area contributed by atoms with Gasteiger partial charge in [-0.15, -0.1) is 0 Å². The van der Waals surface area contributed by atoms with E-state index in [4.69, 9.17) is 14.2 Å². The highest BCUT2D eigenvalue weighted by Gasteiger charge is 2.34. The maximum Gasteiger partial charge on any atom is 0.338 e. The molecule has 0 radical (unpaired) electrons. The van der Waals surface area contributed by atoms with Gasteiger partial charge >= 0.3 is 5.97 Å². The summed E-state index contributed by atoms with van der Waals surface area (Å²) in [6.07, 6.45) is 3.02. The van der Waals surface area contributed by atoms with Crippen molar-refractivity contribution in [1.82, 2.24) is 4.57 Å². The zero-order valence-electron chi connectivity index (χ0n) is 20.3. The Balaban J connectivity index is 1.95. The molecule has 1 aliphatic heterocycles. The van der Waals surface area contributed by atoms with Gasteiger partial charge in [-0.25, -0.2) is 9.79 Å². The summed E-state index contributed by atoms with van der Waals surface area (Å²) in [5.74, 6) is 0.280. The fourth-order valence-electron chi connectivity index (χ4n) is 4.01. The number of esters is 1. The van der Waals surface area contributed by atoms with Gasteiger partial charge in [-0.05, 0) is 36.3 Å². The standard InChI is InChI=1S/C26H23N3O7S/c1-5-11-36-25(31)22-15(2)27-26-28(23(22)17-9-10-19(34-3)20(14-17)35-4)24(30)21(37-26)13-16-7-6-8-18(12-16)29(32)33/h5-10,12-14,23H,1,11H2,2-4H3/b21-13-. The average molecular weight is 522 g/mol. The molecule has 1 aliphatic rings. The quantitative estimate of drug-likeness (QED) is 0.193. The molecule has 37 heavy (non-hydrogen) atoms. The Bertz CT molecular complexity index is 1620. The summed E-state index contributed by atoms with van der Waals surface area (Å²) in [7, 11) is 3.00. The lowest BCUT2D eigenvalue weighted by Gasteiger charge is -2.25. The van der Waals surface area contributed by atoms with Crippen LogP contribution in [0, 0.1) is 10.1 Å². The highest BCUT2D eigenvalue weighted by Crippen LogP contribution is 2.36. The minimum atomic E-state index is -0.861. The van der Waals surface area contributed by atoms with Gasteiger partial charge in [-0.3, -0.25) is 19.5 Å². The van der Waals surface area contributed by atoms with Crippen LogP contribution in [0.15, 0.2) is 76.2 Å². The van der Waals surface area contributed by atoms with Gasteiger partial charge in [0.05, 0.1) is 41.0 Å². The van der Waals surface area contributed by atoms with Gasteiger partial charge in [0.15, 0.2) is 16.3 Å². The smallest absolute Gasteiger partial charge is 0.338 e. The van der Waals surface area contributed by atoms with Crippen molar-refractivity contribution in [2.24, 2.45) is 4.99 Å². The minimum absolute atomic E-state index is 0.00846. The summed E-state index contributed by atoms with van der Waals surface area (Å²) in [6.45, 7) is 5.25. The Morgan fingerprint density at radius 1 is 1.22 bits per heavy atom. The van der Waals surface area contributed by atoms with Crippen LogP contribution in [0.5, 0.6) is 11.5 Å². The molecule has 11 heteroatoms. The topological polar surface area (TPSA) is 122 Å². The molecular weight excluding hydrogens is 498 g/mol. The van der Waals surface area contributed by atoms with Gasteiger partial charge in [0, 0.05) is 12.1 Å². The Morgan fingerprint density at radius 3 is 2.65 bits per heavy atom. The molecule has 0 fully saturated rings. The molecule has 0 bridgehead atoms. The number of carbonyl (C=O) groups excluding carboxylic acids is 1. The maximum atomic E-state index is 13.7. The molecule has 0 spiro atoms. The second kappa shape index (κ2) is 10.6. The van der Waals surface area contributed by atoms with Crippen molar-refractivity contribution in [2.45, 2.75) is 13.0 Å². The Kier molecular flexibility index (Phi) is 7.35. The molecule has 1 unspecified atom stereocenters. The molecule has 0 N–H and O–H groups in total. The number of benzene rings is 2. The summed E-state index contributed by atoms with van der Waals surface area (Å²) < 4.78 is 17.8. The second-order valence-electron chi connectivity index (χ2n) is 7.94. The Hall–Kier alpha value is -4.51. The van der Waals surface area contributed by atoms with E-state index in [0.717, 1.165) is 11.3 Å². The molecule has 2 heterocycles. The zero-order valence-corrected chi connectivity index (χ0v) is 21.1. The number of hydrogen-bond acceptors (Lipinski definition) is 9. The predicted molar refractivity (Wildman–Crippen MR) is 138 cm³/mol. The van der Waals surface area contributed by atoms with Gasteiger partial charge in [0.1, 0.15) is 6.61 Å². The molecule has 1 aromatic heterocycles. The molecule has 0 saturated heterocycles. The normalized spacial score (nSPS) is 15.0. The van der Waals surface area contributed by atoms with E-state index in [-0.39, 0.29) is 17.9 Å². The van der Waals surface area contributed by atoms with Gasteiger partial charge in [0.25, 0.3) is 11.2 Å². The van der Waals surface area contributed by atoms with Crippen molar-refractivity contribution < 1.29 is 23.9 Å². The third-order valence-corrected chi connectivity index (χ3v) is 6.66. The second-order valence-corrected chi connectivity index (χ2v) is 8.94. The van der Waals surface area contributed by atoms with Gasteiger partial charge in [-0.2, -0.15) is 0 Å². The van der Waals surface area contributed by atoms with E-state index in [1.165, 1.54) is 37.0 Å². The molecule has 0 amide bonds. The summed E-state index contributed by atoms with van der Waals surface area (Å²) in [6, 6.07) is 10.2. The van der Waals surface area contributed by atoms with E-state index in [0.29, 0.717) is 37.7 Å². The zero-order chi connectivity index (χ0) is 26.7. The SMILES string of the molecule is C=CCOC(=O)C1=C(C)N=c2s/c(=C\c3cccc([N+](=O)[O-])c3)c(=O)n2C1c1ccc(OC)c(OC)c1. The largest absolute Gasteiger partial charge is 0.493 e. The lowest BCUT2D eigenvalue weighted by molar-refractivity contribution is -0.384. The average Bonchev–Trinajstić information content (AvgIpc) is 3.20. The summed E-state index contributed by atoms with van der Waals surface area (Å²) in [5, 5.41) is 11.2. The fourth-order valence-corrected chi connectivity index (χ4v) is 5.06. The van der Waals surface area contributed by atoms with Gasteiger partial charge in [-0.1, -0.05) is 42.2 Å². The molecule has 3 aromatic rings. The molecular formula is C26H23N3O7S. The van der Waals surface area contributed by atoms with E-state index in [1.807, 2.05) is 0 Å². The van der Waals surface area contributed by atoms with Crippen molar-refractivity contribution in [3.05, 3.63) is 107 Å². The van der Waals surface area contributed by atoms with E-state index in [1.54, 1.807) is 43.3 Å². The number of methoxy groups -OCH3 is 2. The first-order chi connectivity index (χ1) is 17.8. The third-order valence-electron chi connectivity index (χ3n) is 5.68. The van der Waals surface area contributed by atoms with Crippen LogP contribution >= 0.6 is 11.3 Å². The number of nitrogens with zero attached hydrogens (tertiary/aromatic N) is 3. The number of hydrogen-bond donors (Lipinski definition) is 0. The van der Waals surface area contributed by atoms with Crippen LogP contribution in [0.25, 0.3) is 6.08 Å². The van der Waals surface area contributed by atoms with Crippen LogP contribution < -0.4 is 24.4 Å². The van der Waals surface area contributed by atoms with Gasteiger partial charge in [0.2, 0.25) is 0 Å². The molecule has 1 atom stereocenters. The molecule has 2 aromatic carbocycles. The maximum absolute atomic E-state index is 13.7. The van der Waals surface area contributed by atoms with Crippen LogP contribution in [-0.4, -0.2) is 36.3 Å². The van der Waals surface area contributed by atoms with E-state index in [9.17, 15) is 19.7 Å². The number of rotatable bonds is 8. The Morgan fingerprint density at radius 2 is 1.97 bits per heavy atom. The van der Waals surface area contributed by atoms with Crippen molar-refractivity contribution in [2.75, 3.05) is 20.8 Å². The van der Waals surface area contributed by atoms with Crippen LogP contribution in [0.1, 0.15) is 24.1 Å². The number of thiazole rings is 1. The summed E-state index contributed by atoms with van der Waals surface area (Å²) >= 11 is 1.12. The van der Waals surface area contributed by atoms with Crippen LogP contribution in [-0.2, 0) is 9.53 Å². The summed E-state index contributed by atoms with van der Waals surface area (Å²) in [4.78, 5) is 42.4. The molecule has 0 saturated carbocycles. The monoisotopic (exact) mass is 521 g/mol. The first-order valence-corrected chi connectivity index (χ1v) is 11.9. The number of non-ortho nitro benzene ring substituents is 1. The van der Waals surface area contributed by atoms with Crippen molar-refractivity contribution >= 4 is 29.1 Å². The number of nitro groups is 1. The Labute approximate surface area is 215 Å². The number of nitro benzene ring substituents is 1. The van der Waals surface area contributed by atoms with Gasteiger partial charge < -0.3 is 14.2 Å². The molecule has 4 rings (SSSR count).